The molecule has 0 saturated carbocycles. The van der Waals surface area contributed by atoms with E-state index in [9.17, 15) is 22.0 Å². The van der Waals surface area contributed by atoms with E-state index in [1.54, 1.807) is 19.1 Å². The third-order valence-electron chi connectivity index (χ3n) is 3.73. The van der Waals surface area contributed by atoms with Crippen molar-refractivity contribution in [3.05, 3.63) is 64.1 Å². The molecule has 0 bridgehead atoms. The van der Waals surface area contributed by atoms with Gasteiger partial charge in [-0.25, -0.2) is 21.9 Å². The Morgan fingerprint density at radius 1 is 1.15 bits per heavy atom. The Bertz CT molecular complexity index is 902. The summed E-state index contributed by atoms with van der Waals surface area (Å²) < 4.78 is 54.6. The summed E-state index contributed by atoms with van der Waals surface area (Å²) in [5, 5.41) is 2.60. The number of hydrogen-bond donors (Lipinski definition) is 2. The Hall–Kier alpha value is -1.84. The maximum atomic E-state index is 13.6. The van der Waals surface area contributed by atoms with Crippen LogP contribution >= 0.6 is 15.9 Å². The van der Waals surface area contributed by atoms with Crippen molar-refractivity contribution in [2.45, 2.75) is 30.7 Å². The van der Waals surface area contributed by atoms with Gasteiger partial charge in [0.15, 0.2) is 0 Å². The fourth-order valence-electron chi connectivity index (χ4n) is 2.45. The van der Waals surface area contributed by atoms with Gasteiger partial charge in [0.25, 0.3) is 0 Å². The van der Waals surface area contributed by atoms with Crippen molar-refractivity contribution in [3.63, 3.8) is 0 Å². The normalized spacial score (nSPS) is 12.6. The van der Waals surface area contributed by atoms with Gasteiger partial charge in [0, 0.05) is 29.0 Å². The first-order valence-electron chi connectivity index (χ1n) is 8.16. The second kappa shape index (κ2) is 9.38. The summed E-state index contributed by atoms with van der Waals surface area (Å²) in [6.07, 6.45) is -0.106. The van der Waals surface area contributed by atoms with Gasteiger partial charge in [0.05, 0.1) is 4.90 Å². The predicted molar refractivity (Wildman–Crippen MR) is 102 cm³/mol. The van der Waals surface area contributed by atoms with Crippen LogP contribution in [0.25, 0.3) is 0 Å². The number of rotatable bonds is 8. The van der Waals surface area contributed by atoms with E-state index < -0.39 is 33.6 Å². The summed E-state index contributed by atoms with van der Waals surface area (Å²) in [7, 11) is -3.73. The number of nitrogens with one attached hydrogen (secondary N) is 2. The summed E-state index contributed by atoms with van der Waals surface area (Å²) in [6, 6.07) is 9.26. The molecule has 2 N–H and O–H groups in total. The van der Waals surface area contributed by atoms with E-state index in [2.05, 4.69) is 26.0 Å². The molecular weight excluding hydrogens is 442 g/mol. The van der Waals surface area contributed by atoms with E-state index in [1.807, 2.05) is 0 Å². The van der Waals surface area contributed by atoms with Crippen LogP contribution in [-0.2, 0) is 21.2 Å². The van der Waals surface area contributed by atoms with Crippen molar-refractivity contribution < 1.29 is 22.0 Å². The first-order chi connectivity index (χ1) is 12.7. The number of halogens is 3. The summed E-state index contributed by atoms with van der Waals surface area (Å²) in [6.45, 7) is 1.52. The molecule has 0 heterocycles. The standard InChI is InChI=1S/C18H19BrF2N2O3S/c1-12(10-15-16(20)6-3-7-17(15)21)23-18(24)8-9-22-27(25,26)14-5-2-4-13(19)11-14/h2-7,11-12,22H,8-10H2,1H3,(H,23,24). The number of sulfonamides is 1. The highest BCUT2D eigenvalue weighted by Crippen LogP contribution is 2.16. The molecule has 1 amide bonds. The average molecular weight is 461 g/mol. The monoisotopic (exact) mass is 460 g/mol. The molecule has 0 aromatic heterocycles. The fraction of sp³-hybridized carbons (Fsp3) is 0.278. The zero-order chi connectivity index (χ0) is 20.0. The number of benzene rings is 2. The van der Waals surface area contributed by atoms with Crippen LogP contribution in [0.1, 0.15) is 18.9 Å². The molecule has 2 aromatic carbocycles. The van der Waals surface area contributed by atoms with E-state index in [0.29, 0.717) is 4.47 Å². The van der Waals surface area contributed by atoms with E-state index in [-0.39, 0.29) is 29.8 Å². The Kier molecular flexibility index (Phi) is 7.46. The Labute approximate surface area is 165 Å². The lowest BCUT2D eigenvalue weighted by Crippen LogP contribution is -2.37. The molecule has 2 aromatic rings. The molecule has 5 nitrogen and oxygen atoms in total. The molecule has 2 rings (SSSR count). The number of amides is 1. The third-order valence-corrected chi connectivity index (χ3v) is 5.68. The summed E-state index contributed by atoms with van der Waals surface area (Å²) in [5.74, 6) is -1.76. The number of hydrogen-bond acceptors (Lipinski definition) is 3. The van der Waals surface area contributed by atoms with Crippen LogP contribution in [0.15, 0.2) is 51.8 Å². The smallest absolute Gasteiger partial charge is 0.240 e. The number of carbonyl (C=O) groups excluding carboxylic acids is 1. The van der Waals surface area contributed by atoms with Crippen LogP contribution in [0.5, 0.6) is 0 Å². The van der Waals surface area contributed by atoms with Gasteiger partial charge in [-0.1, -0.05) is 28.1 Å². The zero-order valence-electron chi connectivity index (χ0n) is 14.5. The average Bonchev–Trinajstić information content (AvgIpc) is 2.58. The predicted octanol–water partition coefficient (Wildman–Crippen LogP) is 3.14. The fourth-order valence-corrected chi connectivity index (χ4v) is 4.08. The van der Waals surface area contributed by atoms with E-state index in [4.69, 9.17) is 0 Å². The largest absolute Gasteiger partial charge is 0.353 e. The van der Waals surface area contributed by atoms with Gasteiger partial charge >= 0.3 is 0 Å². The second-order valence-corrected chi connectivity index (χ2v) is 8.66. The lowest BCUT2D eigenvalue weighted by atomic mass is 10.1. The summed E-state index contributed by atoms with van der Waals surface area (Å²) in [5.41, 5.74) is -0.0966. The molecule has 0 aliphatic heterocycles. The third kappa shape index (κ3) is 6.37. The molecule has 146 valence electrons. The minimum Gasteiger partial charge on any atom is -0.353 e. The van der Waals surface area contributed by atoms with Crippen LogP contribution < -0.4 is 10.0 Å². The van der Waals surface area contributed by atoms with E-state index in [0.717, 1.165) is 12.1 Å². The molecule has 27 heavy (non-hydrogen) atoms. The first kappa shape index (κ1) is 21.5. The quantitative estimate of drug-likeness (QED) is 0.635. The van der Waals surface area contributed by atoms with Crippen LogP contribution in [0.2, 0.25) is 0 Å². The van der Waals surface area contributed by atoms with Gasteiger partial charge in [-0.15, -0.1) is 0 Å². The molecule has 0 saturated heterocycles. The molecular formula is C18H19BrF2N2O3S. The van der Waals surface area contributed by atoms with Crippen molar-refractivity contribution in [1.29, 1.82) is 0 Å². The van der Waals surface area contributed by atoms with Crippen LogP contribution in [0.3, 0.4) is 0 Å². The molecule has 0 aliphatic rings. The van der Waals surface area contributed by atoms with Crippen molar-refractivity contribution in [3.8, 4) is 0 Å². The molecule has 9 heteroatoms. The Balaban J connectivity index is 1.84. The van der Waals surface area contributed by atoms with Gasteiger partial charge in [-0.2, -0.15) is 0 Å². The minimum absolute atomic E-state index is 0.00594. The number of carbonyl (C=O) groups is 1. The Morgan fingerprint density at radius 3 is 2.41 bits per heavy atom. The lowest BCUT2D eigenvalue weighted by molar-refractivity contribution is -0.121. The summed E-state index contributed by atoms with van der Waals surface area (Å²) in [4.78, 5) is 12.0. The van der Waals surface area contributed by atoms with Crippen LogP contribution in [0.4, 0.5) is 8.78 Å². The van der Waals surface area contributed by atoms with Crippen LogP contribution in [-0.4, -0.2) is 26.9 Å². The SMILES string of the molecule is CC(Cc1c(F)cccc1F)NC(=O)CCNS(=O)(=O)c1cccc(Br)c1. The van der Waals surface area contributed by atoms with Crippen LogP contribution in [0, 0.1) is 11.6 Å². The highest BCUT2D eigenvalue weighted by atomic mass is 79.9. The minimum atomic E-state index is -3.73. The zero-order valence-corrected chi connectivity index (χ0v) is 16.9. The van der Waals surface area contributed by atoms with E-state index in [1.165, 1.54) is 18.2 Å². The van der Waals surface area contributed by atoms with E-state index >= 15 is 0 Å². The van der Waals surface area contributed by atoms with Crippen molar-refractivity contribution in [1.82, 2.24) is 10.0 Å². The van der Waals surface area contributed by atoms with Gasteiger partial charge in [0.1, 0.15) is 11.6 Å². The highest BCUT2D eigenvalue weighted by molar-refractivity contribution is 9.10. The Morgan fingerprint density at radius 2 is 1.78 bits per heavy atom. The molecule has 0 aliphatic carbocycles. The molecule has 0 fully saturated rings. The van der Waals surface area contributed by atoms with Gasteiger partial charge in [-0.3, -0.25) is 4.79 Å². The lowest BCUT2D eigenvalue weighted by Gasteiger charge is -2.15. The second-order valence-electron chi connectivity index (χ2n) is 5.98. The van der Waals surface area contributed by atoms with Gasteiger partial charge in [0.2, 0.25) is 15.9 Å². The van der Waals surface area contributed by atoms with Crippen molar-refractivity contribution in [2.75, 3.05) is 6.54 Å². The molecule has 0 radical (unpaired) electrons. The van der Waals surface area contributed by atoms with Gasteiger partial charge < -0.3 is 5.32 Å². The molecule has 1 unspecified atom stereocenters. The van der Waals surface area contributed by atoms with Crippen molar-refractivity contribution >= 4 is 31.9 Å². The highest BCUT2D eigenvalue weighted by Gasteiger charge is 2.16. The molecule has 0 spiro atoms. The van der Waals surface area contributed by atoms with Gasteiger partial charge in [-0.05, 0) is 43.7 Å². The maximum Gasteiger partial charge on any atom is 0.240 e. The summed E-state index contributed by atoms with van der Waals surface area (Å²) >= 11 is 3.20. The van der Waals surface area contributed by atoms with Crippen molar-refractivity contribution in [2.24, 2.45) is 0 Å². The maximum absolute atomic E-state index is 13.6. The molecule has 1 atom stereocenters. The first-order valence-corrected chi connectivity index (χ1v) is 10.4. The topological polar surface area (TPSA) is 75.3 Å².